The topological polar surface area (TPSA) is 311 Å². The first kappa shape index (κ1) is 48.1. The van der Waals surface area contributed by atoms with E-state index in [0.717, 1.165) is 9.80 Å². The van der Waals surface area contributed by atoms with Crippen molar-refractivity contribution in [2.24, 2.45) is 0 Å². The molecule has 4 unspecified atom stereocenters. The first-order valence-corrected chi connectivity index (χ1v) is 13.8. The van der Waals surface area contributed by atoms with Gasteiger partial charge in [-0.05, 0) is 57.8 Å². The molecule has 0 rings (SSSR count). The van der Waals surface area contributed by atoms with Crippen LogP contribution in [0.2, 0.25) is 0 Å². The summed E-state index contributed by atoms with van der Waals surface area (Å²) in [5.74, 6) is -11.9. The SMILES string of the molecule is O=C([O-])CCCC(C(=O)[O-])N(CCN(C(CCCC(=O)O)C(=O)O)C(CCCC(=O)O)C(=O)O)C(CCCC(=O)O)C(=O)O.[Na+].[Na+]. The van der Waals surface area contributed by atoms with Crippen molar-refractivity contribution in [3.8, 4) is 0 Å². The van der Waals surface area contributed by atoms with E-state index in [0.29, 0.717) is 0 Å². The van der Waals surface area contributed by atoms with E-state index in [1.807, 2.05) is 0 Å². The fourth-order valence-electron chi connectivity index (χ4n) is 4.78. The molecule has 0 aromatic rings. The van der Waals surface area contributed by atoms with Crippen molar-refractivity contribution in [2.45, 2.75) is 101 Å². The molecule has 0 heterocycles. The molecule has 0 aliphatic carbocycles. The Balaban J connectivity index is -0.00000924. The molecule has 6 N–H and O–H groups in total. The normalized spacial score (nSPS) is 13.3. The minimum Gasteiger partial charge on any atom is -0.550 e. The average molecular weight is 681 g/mol. The van der Waals surface area contributed by atoms with Crippen molar-refractivity contribution in [2.75, 3.05) is 13.1 Å². The molecule has 0 bridgehead atoms. The minimum atomic E-state index is -1.83. The third-order valence-corrected chi connectivity index (χ3v) is 6.81. The van der Waals surface area contributed by atoms with Crippen LogP contribution in [0.4, 0.5) is 0 Å². The Bertz CT molecular complexity index is 887. The Morgan fingerprint density at radius 3 is 0.957 bits per heavy atom. The van der Waals surface area contributed by atoms with Crippen molar-refractivity contribution in [3.05, 3.63) is 0 Å². The summed E-state index contributed by atoms with van der Waals surface area (Å²) in [5, 5.41) is 79.8. The summed E-state index contributed by atoms with van der Waals surface area (Å²) >= 11 is 0. The third-order valence-electron chi connectivity index (χ3n) is 6.81. The zero-order chi connectivity index (χ0) is 34.0. The zero-order valence-electron chi connectivity index (χ0n) is 25.9. The van der Waals surface area contributed by atoms with Gasteiger partial charge in [0, 0.05) is 38.3 Å². The molecule has 0 aromatic carbocycles. The van der Waals surface area contributed by atoms with E-state index in [1.54, 1.807) is 0 Å². The van der Waals surface area contributed by atoms with Gasteiger partial charge in [0.25, 0.3) is 0 Å². The molecule has 0 spiro atoms. The number of rotatable bonds is 27. The monoisotopic (exact) mass is 680 g/mol. The van der Waals surface area contributed by atoms with Gasteiger partial charge in [-0.1, -0.05) is 0 Å². The van der Waals surface area contributed by atoms with Crippen LogP contribution in [0.1, 0.15) is 77.0 Å². The number of carboxylic acids is 8. The summed E-state index contributed by atoms with van der Waals surface area (Å²) in [6.45, 7) is -1.26. The van der Waals surface area contributed by atoms with Gasteiger partial charge in [0.15, 0.2) is 0 Å². The number of hydrogen-bond donors (Lipinski definition) is 6. The quantitative estimate of drug-likeness (QED) is 0.0439. The predicted molar refractivity (Wildman–Crippen MR) is 140 cm³/mol. The van der Waals surface area contributed by atoms with Gasteiger partial charge >= 0.3 is 94.9 Å². The third kappa shape index (κ3) is 20.0. The van der Waals surface area contributed by atoms with Crippen molar-refractivity contribution in [3.63, 3.8) is 0 Å². The molecule has 18 nitrogen and oxygen atoms in total. The Morgan fingerprint density at radius 1 is 0.457 bits per heavy atom. The number of carbonyl (C=O) groups is 8. The Morgan fingerprint density at radius 2 is 0.717 bits per heavy atom. The van der Waals surface area contributed by atoms with Crippen LogP contribution in [0.25, 0.3) is 0 Å². The summed E-state index contributed by atoms with van der Waals surface area (Å²) in [6.07, 6.45) is -4.66. The van der Waals surface area contributed by atoms with Gasteiger partial charge in [-0.2, -0.15) is 0 Å². The van der Waals surface area contributed by atoms with Crippen LogP contribution in [-0.2, 0) is 38.4 Å². The largest absolute Gasteiger partial charge is 1.00 e. The molecule has 20 heteroatoms. The van der Waals surface area contributed by atoms with Crippen molar-refractivity contribution in [1.82, 2.24) is 9.80 Å². The molecule has 0 aromatic heterocycles. The summed E-state index contributed by atoms with van der Waals surface area (Å²) in [5.41, 5.74) is 0. The van der Waals surface area contributed by atoms with Crippen LogP contribution in [0, 0.1) is 0 Å². The van der Waals surface area contributed by atoms with Crippen LogP contribution in [-0.4, -0.2) is 125 Å². The van der Waals surface area contributed by atoms with Crippen LogP contribution < -0.4 is 69.3 Å². The summed E-state index contributed by atoms with van der Waals surface area (Å²) < 4.78 is 0. The molecular weight excluding hydrogens is 642 g/mol. The molecule has 0 aliphatic heterocycles. The van der Waals surface area contributed by atoms with E-state index in [2.05, 4.69) is 0 Å². The first-order chi connectivity index (χ1) is 20.5. The van der Waals surface area contributed by atoms with Crippen molar-refractivity contribution in [1.29, 1.82) is 0 Å². The molecule has 0 saturated heterocycles. The zero-order valence-corrected chi connectivity index (χ0v) is 29.9. The number of carbonyl (C=O) groups excluding carboxylic acids is 2. The number of aliphatic carboxylic acids is 8. The second kappa shape index (κ2) is 25.7. The van der Waals surface area contributed by atoms with Crippen molar-refractivity contribution >= 4 is 47.8 Å². The van der Waals surface area contributed by atoms with E-state index in [9.17, 15) is 63.9 Å². The number of nitrogens with zero attached hydrogens (tertiary/aromatic N) is 2. The van der Waals surface area contributed by atoms with E-state index in [-0.39, 0.29) is 97.6 Å². The Labute approximate surface area is 308 Å². The van der Waals surface area contributed by atoms with E-state index >= 15 is 0 Å². The fourth-order valence-corrected chi connectivity index (χ4v) is 4.78. The molecule has 46 heavy (non-hydrogen) atoms. The molecule has 250 valence electrons. The van der Waals surface area contributed by atoms with Crippen LogP contribution >= 0.6 is 0 Å². The number of hydrogen-bond acceptors (Lipinski definition) is 12. The standard InChI is InChI=1S/C26H40N2O16.2Na/c29-19(30)9-1-5-15(23(37)38)27(16(24(39)40)6-2-10-20(31)32)13-14-28(17(25(41)42)7-3-11-21(33)34)18(26(43)44)8-4-12-22(35)36;;/h15-18H,1-14H2,(H,29,30)(H,31,32)(H,33,34)(H,35,36)(H,37,38)(H,39,40)(H,41,42)(H,43,44);;/q;2*+1/p-2. The van der Waals surface area contributed by atoms with Gasteiger partial charge in [-0.25, -0.2) is 0 Å². The van der Waals surface area contributed by atoms with E-state index in [1.165, 1.54) is 0 Å². The number of carboxylic acid groups (broad SMARTS) is 8. The van der Waals surface area contributed by atoms with Gasteiger partial charge in [-0.3, -0.25) is 38.6 Å². The first-order valence-electron chi connectivity index (χ1n) is 13.8. The maximum absolute atomic E-state index is 12.3. The second-order valence-corrected chi connectivity index (χ2v) is 9.99. The van der Waals surface area contributed by atoms with Crippen LogP contribution in [0.3, 0.4) is 0 Å². The Kier molecular flexibility index (Phi) is 26.9. The molecule has 0 fully saturated rings. The molecular formula is C26H38N2Na2O16. The van der Waals surface area contributed by atoms with Gasteiger partial charge in [0.2, 0.25) is 0 Å². The van der Waals surface area contributed by atoms with Crippen molar-refractivity contribution < 1.29 is 138 Å². The minimum absolute atomic E-state index is 0. The molecule has 0 aliphatic rings. The summed E-state index contributed by atoms with van der Waals surface area (Å²) in [7, 11) is 0. The second-order valence-electron chi connectivity index (χ2n) is 9.99. The van der Waals surface area contributed by atoms with E-state index < -0.39 is 124 Å². The molecule has 4 atom stereocenters. The average Bonchev–Trinajstić information content (AvgIpc) is 2.88. The Hall–Kier alpha value is -2.32. The molecule has 0 saturated carbocycles. The molecule has 0 radical (unpaired) electrons. The fraction of sp³-hybridized carbons (Fsp3) is 0.692. The van der Waals surface area contributed by atoms with Gasteiger partial charge < -0.3 is 50.4 Å². The van der Waals surface area contributed by atoms with Gasteiger partial charge in [0.05, 0.1) is 12.0 Å². The maximum atomic E-state index is 12.3. The van der Waals surface area contributed by atoms with Gasteiger partial charge in [0.1, 0.15) is 18.1 Å². The molecule has 0 amide bonds. The predicted octanol–water partition coefficient (Wildman–Crippen LogP) is -8.24. The summed E-state index contributed by atoms with van der Waals surface area (Å²) in [6, 6.07) is -6.82. The smallest absolute Gasteiger partial charge is 0.550 e. The maximum Gasteiger partial charge on any atom is 1.00 e. The van der Waals surface area contributed by atoms with Crippen LogP contribution in [0.5, 0.6) is 0 Å². The van der Waals surface area contributed by atoms with Gasteiger partial charge in [-0.15, -0.1) is 0 Å². The van der Waals surface area contributed by atoms with E-state index in [4.69, 9.17) is 15.3 Å². The summed E-state index contributed by atoms with van der Waals surface area (Å²) in [4.78, 5) is 94.5. The van der Waals surface area contributed by atoms with Crippen LogP contribution in [0.15, 0.2) is 0 Å².